The summed E-state index contributed by atoms with van der Waals surface area (Å²) in [5.41, 5.74) is 0. The monoisotopic (exact) mass is 210 g/mol. The number of likely N-dealkylation sites (tertiary alicyclic amines) is 1. The van der Waals surface area contributed by atoms with E-state index in [0.717, 1.165) is 0 Å². The van der Waals surface area contributed by atoms with Crippen molar-refractivity contribution in [2.45, 2.75) is 45.1 Å². The smallest absolute Gasteiger partial charge is 0.313 e. The third kappa shape index (κ3) is 3.13. The Kier molecular flexibility index (Phi) is 3.78. The Hall–Kier alpha value is -0.290. The number of nitrogens with one attached hydrogen (secondary N) is 1. The Morgan fingerprint density at radius 3 is 2.57 bits per heavy atom. The van der Waals surface area contributed by atoms with Crippen molar-refractivity contribution in [1.82, 2.24) is 10.2 Å². The molecule has 0 saturated carbocycles. The van der Waals surface area contributed by atoms with Crippen LogP contribution in [0, 0.1) is 0 Å². The summed E-state index contributed by atoms with van der Waals surface area (Å²) in [6.07, 6.45) is -2.89. The van der Waals surface area contributed by atoms with Crippen molar-refractivity contribution >= 4 is 0 Å². The standard InChI is InChI=1S/C9H17F3N2/c1-7(2)13-6-8-4-3-5-14(8)9(10,11)12/h7-8,13H,3-6H2,1-2H3. The van der Waals surface area contributed by atoms with E-state index in [2.05, 4.69) is 5.32 Å². The maximum Gasteiger partial charge on any atom is 0.460 e. The average molecular weight is 210 g/mol. The predicted molar refractivity (Wildman–Crippen MR) is 48.9 cm³/mol. The fourth-order valence-electron chi connectivity index (χ4n) is 1.75. The van der Waals surface area contributed by atoms with Gasteiger partial charge in [0.15, 0.2) is 0 Å². The summed E-state index contributed by atoms with van der Waals surface area (Å²) in [7, 11) is 0. The first kappa shape index (κ1) is 11.8. The molecule has 0 aromatic rings. The number of hydrogen-bond acceptors (Lipinski definition) is 2. The van der Waals surface area contributed by atoms with E-state index in [0.29, 0.717) is 24.3 Å². The van der Waals surface area contributed by atoms with Crippen LogP contribution in [0.4, 0.5) is 13.2 Å². The van der Waals surface area contributed by atoms with Crippen LogP contribution in [0.25, 0.3) is 0 Å². The van der Waals surface area contributed by atoms with Gasteiger partial charge in [-0.15, -0.1) is 0 Å². The van der Waals surface area contributed by atoms with Crippen LogP contribution < -0.4 is 5.32 Å². The van der Waals surface area contributed by atoms with E-state index in [9.17, 15) is 13.2 Å². The molecular weight excluding hydrogens is 193 g/mol. The van der Waals surface area contributed by atoms with Crippen LogP contribution in [0.3, 0.4) is 0 Å². The largest absolute Gasteiger partial charge is 0.460 e. The molecule has 0 aliphatic carbocycles. The highest BCUT2D eigenvalue weighted by Gasteiger charge is 2.43. The molecule has 0 radical (unpaired) electrons. The zero-order valence-electron chi connectivity index (χ0n) is 8.56. The Morgan fingerprint density at radius 1 is 1.43 bits per heavy atom. The summed E-state index contributed by atoms with van der Waals surface area (Å²) in [6.45, 7) is 4.45. The van der Waals surface area contributed by atoms with E-state index in [1.165, 1.54) is 0 Å². The lowest BCUT2D eigenvalue weighted by Crippen LogP contribution is -2.47. The molecule has 1 rings (SSSR count). The van der Waals surface area contributed by atoms with Crippen LogP contribution in [-0.4, -0.2) is 36.4 Å². The van der Waals surface area contributed by atoms with Crippen LogP contribution >= 0.6 is 0 Å². The molecule has 5 heteroatoms. The van der Waals surface area contributed by atoms with Crippen LogP contribution in [-0.2, 0) is 0 Å². The van der Waals surface area contributed by atoms with Crippen molar-refractivity contribution in [2.24, 2.45) is 0 Å². The number of halogens is 3. The molecule has 1 atom stereocenters. The van der Waals surface area contributed by atoms with E-state index < -0.39 is 6.30 Å². The normalized spacial score (nSPS) is 24.9. The van der Waals surface area contributed by atoms with E-state index in [-0.39, 0.29) is 18.6 Å². The SMILES string of the molecule is CC(C)NCC1CCCN1C(F)(F)F. The number of alkyl halides is 3. The van der Waals surface area contributed by atoms with Gasteiger partial charge in [-0.1, -0.05) is 13.8 Å². The molecular formula is C9H17F3N2. The zero-order valence-corrected chi connectivity index (χ0v) is 8.56. The van der Waals surface area contributed by atoms with Crippen LogP contribution in [0.2, 0.25) is 0 Å². The lowest BCUT2D eigenvalue weighted by molar-refractivity contribution is -0.249. The molecule has 1 heterocycles. The van der Waals surface area contributed by atoms with Crippen molar-refractivity contribution in [3.63, 3.8) is 0 Å². The molecule has 0 bridgehead atoms. The molecule has 0 aromatic carbocycles. The molecule has 1 aliphatic rings. The first-order valence-corrected chi connectivity index (χ1v) is 4.98. The second-order valence-electron chi connectivity index (χ2n) is 4.02. The second-order valence-corrected chi connectivity index (χ2v) is 4.02. The molecule has 2 nitrogen and oxygen atoms in total. The van der Waals surface area contributed by atoms with Gasteiger partial charge in [0.1, 0.15) is 0 Å². The first-order chi connectivity index (χ1) is 6.41. The number of rotatable bonds is 3. The van der Waals surface area contributed by atoms with E-state index >= 15 is 0 Å². The first-order valence-electron chi connectivity index (χ1n) is 4.98. The molecule has 1 fully saturated rings. The van der Waals surface area contributed by atoms with Crippen LogP contribution in [0.5, 0.6) is 0 Å². The summed E-state index contributed by atoms with van der Waals surface area (Å²) in [5, 5.41) is 3.05. The van der Waals surface area contributed by atoms with Gasteiger partial charge in [-0.2, -0.15) is 13.2 Å². The topological polar surface area (TPSA) is 15.3 Å². The maximum absolute atomic E-state index is 12.4. The molecule has 1 aliphatic heterocycles. The van der Waals surface area contributed by atoms with Crippen molar-refractivity contribution in [3.8, 4) is 0 Å². The summed E-state index contributed by atoms with van der Waals surface area (Å²) in [5.74, 6) is 0. The molecule has 0 spiro atoms. The Labute approximate surface area is 82.5 Å². The lowest BCUT2D eigenvalue weighted by atomic mass is 10.2. The van der Waals surface area contributed by atoms with Gasteiger partial charge in [0.25, 0.3) is 0 Å². The van der Waals surface area contributed by atoms with Crippen molar-refractivity contribution in [3.05, 3.63) is 0 Å². The quantitative estimate of drug-likeness (QED) is 0.716. The van der Waals surface area contributed by atoms with Gasteiger partial charge in [0.05, 0.1) is 0 Å². The molecule has 14 heavy (non-hydrogen) atoms. The number of nitrogens with zero attached hydrogens (tertiary/aromatic N) is 1. The Balaban J connectivity index is 2.43. The van der Waals surface area contributed by atoms with Crippen molar-refractivity contribution in [2.75, 3.05) is 13.1 Å². The van der Waals surface area contributed by atoms with E-state index in [4.69, 9.17) is 0 Å². The molecule has 1 N–H and O–H groups in total. The number of hydrogen-bond donors (Lipinski definition) is 1. The van der Waals surface area contributed by atoms with Gasteiger partial charge in [-0.3, -0.25) is 0 Å². The van der Waals surface area contributed by atoms with Crippen LogP contribution in [0.1, 0.15) is 26.7 Å². The molecule has 0 amide bonds. The Bertz CT molecular complexity index is 179. The summed E-state index contributed by atoms with van der Waals surface area (Å²) in [6, 6.07) is -0.136. The van der Waals surface area contributed by atoms with Gasteiger partial charge in [-0.05, 0) is 12.8 Å². The molecule has 1 saturated heterocycles. The minimum absolute atomic E-state index is 0.147. The third-order valence-corrected chi connectivity index (χ3v) is 2.46. The van der Waals surface area contributed by atoms with Gasteiger partial charge in [0, 0.05) is 25.2 Å². The van der Waals surface area contributed by atoms with Gasteiger partial charge in [0.2, 0.25) is 0 Å². The minimum Gasteiger partial charge on any atom is -0.313 e. The van der Waals surface area contributed by atoms with Gasteiger partial charge >= 0.3 is 6.30 Å². The average Bonchev–Trinajstić information content (AvgIpc) is 2.46. The zero-order chi connectivity index (χ0) is 10.8. The van der Waals surface area contributed by atoms with Gasteiger partial charge in [-0.25, -0.2) is 4.90 Å². The molecule has 1 unspecified atom stereocenters. The van der Waals surface area contributed by atoms with E-state index in [1.54, 1.807) is 0 Å². The Morgan fingerprint density at radius 2 is 2.07 bits per heavy atom. The van der Waals surface area contributed by atoms with Crippen molar-refractivity contribution in [1.29, 1.82) is 0 Å². The van der Waals surface area contributed by atoms with Crippen LogP contribution in [0.15, 0.2) is 0 Å². The summed E-state index contributed by atoms with van der Waals surface area (Å²) < 4.78 is 37.3. The third-order valence-electron chi connectivity index (χ3n) is 2.46. The highest BCUT2D eigenvalue weighted by atomic mass is 19.4. The second kappa shape index (κ2) is 4.49. The fraction of sp³-hybridized carbons (Fsp3) is 1.00. The summed E-state index contributed by atoms with van der Waals surface area (Å²) >= 11 is 0. The fourth-order valence-corrected chi connectivity index (χ4v) is 1.75. The maximum atomic E-state index is 12.4. The predicted octanol–water partition coefficient (Wildman–Crippen LogP) is 1.97. The van der Waals surface area contributed by atoms with Crippen molar-refractivity contribution < 1.29 is 13.2 Å². The molecule has 0 aromatic heterocycles. The highest BCUT2D eigenvalue weighted by molar-refractivity contribution is 4.82. The van der Waals surface area contributed by atoms with E-state index in [1.807, 2.05) is 13.8 Å². The summed E-state index contributed by atoms with van der Waals surface area (Å²) in [4.78, 5) is 0.641. The van der Waals surface area contributed by atoms with Gasteiger partial charge < -0.3 is 5.32 Å². The lowest BCUT2D eigenvalue weighted by Gasteiger charge is -2.27. The molecule has 84 valence electrons. The highest BCUT2D eigenvalue weighted by Crippen LogP contribution is 2.30. The minimum atomic E-state index is -4.17.